The summed E-state index contributed by atoms with van der Waals surface area (Å²) in [5.74, 6) is 0.941. The van der Waals surface area contributed by atoms with E-state index in [9.17, 15) is 0 Å². The van der Waals surface area contributed by atoms with Gasteiger partial charge in [-0.2, -0.15) is 0 Å². The molecule has 0 radical (unpaired) electrons. The number of nitrogen functional groups attached to an aromatic ring is 1. The molecule has 1 saturated heterocycles. The Balaban J connectivity index is 1.91. The highest BCUT2D eigenvalue weighted by atomic mass is 16.5. The van der Waals surface area contributed by atoms with Crippen molar-refractivity contribution in [1.82, 2.24) is 4.98 Å². The molecule has 1 aromatic heterocycles. The summed E-state index contributed by atoms with van der Waals surface area (Å²) in [5, 5.41) is 0. The van der Waals surface area contributed by atoms with Crippen LogP contribution in [0, 0.1) is 6.92 Å². The molecule has 2 N–H and O–H groups in total. The van der Waals surface area contributed by atoms with Gasteiger partial charge in [0.05, 0.1) is 24.4 Å². The number of hydrogen-bond acceptors (Lipinski definition) is 4. The number of aromatic nitrogens is 1. The van der Waals surface area contributed by atoms with Gasteiger partial charge < -0.3 is 15.4 Å². The van der Waals surface area contributed by atoms with Crippen LogP contribution in [0.15, 0.2) is 12.3 Å². The Morgan fingerprint density at radius 3 is 3.18 bits per heavy atom. The Morgan fingerprint density at radius 1 is 1.47 bits per heavy atom. The fourth-order valence-corrected chi connectivity index (χ4v) is 3.01. The minimum absolute atomic E-state index is 0.381. The van der Waals surface area contributed by atoms with Crippen LogP contribution in [0.4, 0.5) is 11.5 Å². The molecule has 2 aliphatic rings. The van der Waals surface area contributed by atoms with E-state index in [0.29, 0.717) is 12.1 Å². The molecule has 3 rings (SSSR count). The first kappa shape index (κ1) is 10.8. The summed E-state index contributed by atoms with van der Waals surface area (Å²) in [6.45, 7) is 3.71. The monoisotopic (exact) mass is 233 g/mol. The largest absolute Gasteiger partial charge is 0.396 e. The first-order valence-corrected chi connectivity index (χ1v) is 6.36. The summed E-state index contributed by atoms with van der Waals surface area (Å²) in [5.41, 5.74) is 7.99. The average molecular weight is 233 g/mol. The molecular formula is C13H19N3O. The number of nitrogens with zero attached hydrogens (tertiary/aromatic N) is 2. The van der Waals surface area contributed by atoms with Crippen LogP contribution in [0.1, 0.15) is 24.8 Å². The van der Waals surface area contributed by atoms with Crippen LogP contribution in [0.25, 0.3) is 0 Å². The standard InChI is InChI=1S/C13H19N3O/c1-9-7-10(14)13(15-8-9)16-5-6-17-12-4-2-3-11(12)16/h7-8,11-12H,2-6,14H2,1H3. The van der Waals surface area contributed by atoms with E-state index in [2.05, 4.69) is 9.88 Å². The molecule has 2 unspecified atom stereocenters. The van der Waals surface area contributed by atoms with Gasteiger partial charge in [0.1, 0.15) is 0 Å². The number of rotatable bonds is 1. The number of pyridine rings is 1. The molecule has 4 heteroatoms. The lowest BCUT2D eigenvalue weighted by Crippen LogP contribution is -2.49. The first-order chi connectivity index (χ1) is 8.25. The van der Waals surface area contributed by atoms with Crippen LogP contribution in [0.2, 0.25) is 0 Å². The molecule has 1 aliphatic carbocycles. The molecule has 4 nitrogen and oxygen atoms in total. The summed E-state index contributed by atoms with van der Waals surface area (Å²) in [6, 6.07) is 2.48. The molecule has 1 aromatic rings. The summed E-state index contributed by atoms with van der Waals surface area (Å²) < 4.78 is 5.81. The second-order valence-corrected chi connectivity index (χ2v) is 5.03. The minimum Gasteiger partial charge on any atom is -0.396 e. The van der Waals surface area contributed by atoms with Gasteiger partial charge in [-0.1, -0.05) is 0 Å². The molecule has 2 heterocycles. The van der Waals surface area contributed by atoms with Crippen LogP contribution in [-0.4, -0.2) is 30.3 Å². The van der Waals surface area contributed by atoms with Crippen molar-refractivity contribution < 1.29 is 4.74 Å². The minimum atomic E-state index is 0.381. The maximum absolute atomic E-state index is 6.09. The van der Waals surface area contributed by atoms with Gasteiger partial charge >= 0.3 is 0 Å². The van der Waals surface area contributed by atoms with Gasteiger partial charge in [-0.15, -0.1) is 0 Å². The van der Waals surface area contributed by atoms with E-state index in [1.54, 1.807) is 0 Å². The smallest absolute Gasteiger partial charge is 0.152 e. The number of ether oxygens (including phenoxy) is 1. The van der Waals surface area contributed by atoms with E-state index in [1.165, 1.54) is 19.3 Å². The zero-order valence-corrected chi connectivity index (χ0v) is 10.2. The van der Waals surface area contributed by atoms with Crippen molar-refractivity contribution in [1.29, 1.82) is 0 Å². The Labute approximate surface area is 102 Å². The number of nitrogens with two attached hydrogens (primary N) is 1. The van der Waals surface area contributed by atoms with Crippen LogP contribution in [0.5, 0.6) is 0 Å². The van der Waals surface area contributed by atoms with Crippen molar-refractivity contribution in [3.05, 3.63) is 17.8 Å². The van der Waals surface area contributed by atoms with Gasteiger partial charge in [-0.3, -0.25) is 0 Å². The third-order valence-electron chi connectivity index (χ3n) is 3.79. The number of hydrogen-bond donors (Lipinski definition) is 1. The lowest BCUT2D eigenvalue weighted by molar-refractivity contribution is 0.0254. The Kier molecular flexibility index (Phi) is 2.67. The molecule has 2 fully saturated rings. The fourth-order valence-electron chi connectivity index (χ4n) is 3.01. The van der Waals surface area contributed by atoms with Gasteiger partial charge in [0.15, 0.2) is 5.82 Å². The lowest BCUT2D eigenvalue weighted by Gasteiger charge is -2.39. The molecule has 92 valence electrons. The fraction of sp³-hybridized carbons (Fsp3) is 0.615. The third kappa shape index (κ3) is 1.86. The van der Waals surface area contributed by atoms with E-state index >= 15 is 0 Å². The lowest BCUT2D eigenvalue weighted by atomic mass is 10.1. The van der Waals surface area contributed by atoms with Gasteiger partial charge in [-0.05, 0) is 37.8 Å². The highest BCUT2D eigenvalue weighted by molar-refractivity contribution is 5.64. The molecule has 0 spiro atoms. The maximum Gasteiger partial charge on any atom is 0.152 e. The van der Waals surface area contributed by atoms with Crippen molar-refractivity contribution >= 4 is 11.5 Å². The highest BCUT2D eigenvalue weighted by Crippen LogP contribution is 2.34. The van der Waals surface area contributed by atoms with Gasteiger partial charge in [-0.25, -0.2) is 4.98 Å². The molecule has 1 saturated carbocycles. The van der Waals surface area contributed by atoms with E-state index in [-0.39, 0.29) is 0 Å². The van der Waals surface area contributed by atoms with Gasteiger partial charge in [0, 0.05) is 12.7 Å². The zero-order chi connectivity index (χ0) is 11.8. The summed E-state index contributed by atoms with van der Waals surface area (Å²) in [4.78, 5) is 6.85. The predicted octanol–water partition coefficient (Wildman–Crippen LogP) is 1.73. The predicted molar refractivity (Wildman–Crippen MR) is 68.1 cm³/mol. The Hall–Kier alpha value is -1.29. The normalized spacial score (nSPS) is 28.2. The molecule has 0 bridgehead atoms. The molecule has 2 atom stereocenters. The topological polar surface area (TPSA) is 51.4 Å². The van der Waals surface area contributed by atoms with Crippen molar-refractivity contribution in [3.63, 3.8) is 0 Å². The van der Waals surface area contributed by atoms with E-state index in [0.717, 1.165) is 30.2 Å². The quantitative estimate of drug-likeness (QED) is 0.802. The molecule has 17 heavy (non-hydrogen) atoms. The van der Waals surface area contributed by atoms with Crippen molar-refractivity contribution in [2.75, 3.05) is 23.8 Å². The molecule has 0 amide bonds. The summed E-state index contributed by atoms with van der Waals surface area (Å²) in [7, 11) is 0. The number of aryl methyl sites for hydroxylation is 1. The SMILES string of the molecule is Cc1cnc(N2CCOC3CCCC32)c(N)c1. The summed E-state index contributed by atoms with van der Waals surface area (Å²) in [6.07, 6.45) is 5.89. The van der Waals surface area contributed by atoms with E-state index in [4.69, 9.17) is 10.5 Å². The van der Waals surface area contributed by atoms with Crippen LogP contribution in [-0.2, 0) is 4.74 Å². The molecule has 0 aromatic carbocycles. The summed E-state index contributed by atoms with van der Waals surface area (Å²) >= 11 is 0. The van der Waals surface area contributed by atoms with Gasteiger partial charge in [0.25, 0.3) is 0 Å². The van der Waals surface area contributed by atoms with Crippen LogP contribution >= 0.6 is 0 Å². The van der Waals surface area contributed by atoms with E-state index in [1.807, 2.05) is 19.2 Å². The second kappa shape index (κ2) is 4.18. The maximum atomic E-state index is 6.09. The Morgan fingerprint density at radius 2 is 2.35 bits per heavy atom. The van der Waals surface area contributed by atoms with Crippen LogP contribution < -0.4 is 10.6 Å². The van der Waals surface area contributed by atoms with Crippen LogP contribution in [0.3, 0.4) is 0 Å². The van der Waals surface area contributed by atoms with E-state index < -0.39 is 0 Å². The van der Waals surface area contributed by atoms with Crippen molar-refractivity contribution in [2.24, 2.45) is 0 Å². The van der Waals surface area contributed by atoms with Gasteiger partial charge in [0.2, 0.25) is 0 Å². The first-order valence-electron chi connectivity index (χ1n) is 6.36. The number of fused-ring (bicyclic) bond motifs is 1. The molecule has 1 aliphatic heterocycles. The Bertz CT molecular complexity index is 421. The number of anilines is 2. The third-order valence-corrected chi connectivity index (χ3v) is 3.79. The molecular weight excluding hydrogens is 214 g/mol. The van der Waals surface area contributed by atoms with Crippen molar-refractivity contribution in [3.8, 4) is 0 Å². The highest BCUT2D eigenvalue weighted by Gasteiger charge is 2.37. The zero-order valence-electron chi connectivity index (χ0n) is 10.2. The van der Waals surface area contributed by atoms with Crippen molar-refractivity contribution in [2.45, 2.75) is 38.3 Å². The second-order valence-electron chi connectivity index (χ2n) is 5.03. The number of morpholine rings is 1. The average Bonchev–Trinajstić information content (AvgIpc) is 2.77.